The molecule has 0 saturated carbocycles. The summed E-state index contributed by atoms with van der Waals surface area (Å²) in [5.41, 5.74) is 0.912. The van der Waals surface area contributed by atoms with E-state index < -0.39 is 28.4 Å². The fourth-order valence-corrected chi connectivity index (χ4v) is 4.46. The number of rotatable bonds is 3. The van der Waals surface area contributed by atoms with Crippen LogP contribution in [0.15, 0.2) is 41.3 Å². The largest absolute Gasteiger partial charge is 0.322 e. The van der Waals surface area contributed by atoms with Gasteiger partial charge in [0.05, 0.1) is 21.3 Å². The number of hydrogen-bond donors (Lipinski definition) is 1. The maximum Gasteiger partial charge on any atom is 0.269 e. The molecule has 0 radical (unpaired) electrons. The van der Waals surface area contributed by atoms with Gasteiger partial charge in [-0.3, -0.25) is 9.59 Å². The normalized spacial score (nSPS) is 15.2. The second-order valence-electron chi connectivity index (χ2n) is 5.41. The average molecular weight is 399 g/mol. The van der Waals surface area contributed by atoms with Crippen LogP contribution < -0.4 is 5.32 Å². The van der Waals surface area contributed by atoms with Crippen molar-refractivity contribution >= 4 is 50.7 Å². The molecule has 0 bridgehead atoms. The monoisotopic (exact) mass is 398 g/mol. The van der Waals surface area contributed by atoms with Crippen LogP contribution in [0.1, 0.15) is 15.9 Å². The van der Waals surface area contributed by atoms with E-state index in [1.165, 1.54) is 18.2 Å². The van der Waals surface area contributed by atoms with Crippen LogP contribution in [0.25, 0.3) is 0 Å². The van der Waals surface area contributed by atoms with Gasteiger partial charge in [0.15, 0.2) is 0 Å². The predicted octanol–water partition coefficient (Wildman–Crippen LogP) is 3.09. The molecule has 0 saturated heterocycles. The summed E-state index contributed by atoms with van der Waals surface area (Å²) >= 11 is 12.1. The Hall–Kier alpha value is -2.09. The number of hydrogen-bond acceptors (Lipinski definition) is 4. The Morgan fingerprint density at radius 1 is 1.16 bits per heavy atom. The third kappa shape index (κ3) is 2.99. The smallest absolute Gasteiger partial charge is 0.269 e. The van der Waals surface area contributed by atoms with Crippen LogP contribution in [0.5, 0.6) is 0 Å². The molecule has 0 unspecified atom stereocenters. The van der Waals surface area contributed by atoms with Gasteiger partial charge in [-0.15, -0.1) is 0 Å². The molecule has 3 rings (SSSR count). The van der Waals surface area contributed by atoms with Crippen LogP contribution in [-0.4, -0.2) is 31.1 Å². The molecular weight excluding hydrogens is 387 g/mol. The topological polar surface area (TPSA) is 83.6 Å². The highest BCUT2D eigenvalue weighted by molar-refractivity contribution is 7.90. The lowest BCUT2D eigenvalue weighted by Gasteiger charge is -2.16. The molecule has 0 atom stereocenters. The van der Waals surface area contributed by atoms with Gasteiger partial charge in [-0.1, -0.05) is 41.4 Å². The number of halogens is 2. The standard InChI is InChI=1S/C16H12Cl2N2O4S/c1-9-6-7-11(17)15(14(9)18)19-13(21)8-20-16(22)10-4-2-3-5-12(10)25(20,23)24/h2-7H,8H2,1H3,(H,19,21). The zero-order valence-electron chi connectivity index (χ0n) is 12.9. The molecule has 2 aromatic carbocycles. The minimum absolute atomic E-state index is 0.0434. The zero-order chi connectivity index (χ0) is 18.4. The van der Waals surface area contributed by atoms with E-state index in [1.807, 2.05) is 0 Å². The average Bonchev–Trinajstić information content (AvgIpc) is 2.77. The third-order valence-corrected chi connectivity index (χ3v) is 6.34. The molecule has 6 nitrogen and oxygen atoms in total. The SMILES string of the molecule is Cc1ccc(Cl)c(NC(=O)CN2C(=O)c3ccccc3S2(=O)=O)c1Cl. The number of carbonyl (C=O) groups excluding carboxylic acids is 2. The van der Waals surface area contributed by atoms with Crippen molar-refractivity contribution < 1.29 is 18.0 Å². The van der Waals surface area contributed by atoms with Crippen LogP contribution in [-0.2, 0) is 14.8 Å². The molecule has 1 heterocycles. The quantitative estimate of drug-likeness (QED) is 0.860. The number of fused-ring (bicyclic) bond motifs is 1. The predicted molar refractivity (Wildman–Crippen MR) is 94.5 cm³/mol. The first-order chi connectivity index (χ1) is 11.7. The van der Waals surface area contributed by atoms with Crippen LogP contribution in [0.3, 0.4) is 0 Å². The Labute approximate surface area is 154 Å². The molecule has 1 aliphatic rings. The highest BCUT2D eigenvalue weighted by atomic mass is 35.5. The lowest BCUT2D eigenvalue weighted by atomic mass is 10.2. The Morgan fingerprint density at radius 2 is 1.84 bits per heavy atom. The van der Waals surface area contributed by atoms with Crippen molar-refractivity contribution in [2.75, 3.05) is 11.9 Å². The van der Waals surface area contributed by atoms with E-state index >= 15 is 0 Å². The fraction of sp³-hybridized carbons (Fsp3) is 0.125. The van der Waals surface area contributed by atoms with E-state index in [0.29, 0.717) is 9.87 Å². The van der Waals surface area contributed by atoms with Crippen LogP contribution in [0.4, 0.5) is 5.69 Å². The van der Waals surface area contributed by atoms with Gasteiger partial charge in [0.25, 0.3) is 15.9 Å². The molecule has 2 aromatic rings. The Morgan fingerprint density at radius 3 is 2.52 bits per heavy atom. The number of aryl methyl sites for hydroxylation is 1. The molecule has 1 N–H and O–H groups in total. The van der Waals surface area contributed by atoms with Gasteiger partial charge in [0, 0.05) is 0 Å². The molecule has 2 amide bonds. The summed E-state index contributed by atoms with van der Waals surface area (Å²) in [5, 5.41) is 2.93. The minimum Gasteiger partial charge on any atom is -0.322 e. The van der Waals surface area contributed by atoms with Crippen molar-refractivity contribution in [1.29, 1.82) is 0 Å². The second-order valence-corrected chi connectivity index (χ2v) is 8.03. The van der Waals surface area contributed by atoms with Gasteiger partial charge in [0.2, 0.25) is 5.91 Å². The lowest BCUT2D eigenvalue weighted by Crippen LogP contribution is -2.37. The lowest BCUT2D eigenvalue weighted by molar-refractivity contribution is -0.116. The molecule has 25 heavy (non-hydrogen) atoms. The van der Waals surface area contributed by atoms with Crippen molar-refractivity contribution in [2.24, 2.45) is 0 Å². The van der Waals surface area contributed by atoms with Crippen molar-refractivity contribution in [3.05, 3.63) is 57.6 Å². The van der Waals surface area contributed by atoms with Gasteiger partial charge in [-0.2, -0.15) is 0 Å². The molecule has 0 aliphatic carbocycles. The Kier molecular flexibility index (Phi) is 4.49. The highest BCUT2D eigenvalue weighted by Gasteiger charge is 2.41. The number of anilines is 1. The number of nitrogens with zero attached hydrogens (tertiary/aromatic N) is 1. The van der Waals surface area contributed by atoms with Gasteiger partial charge in [0.1, 0.15) is 11.4 Å². The zero-order valence-corrected chi connectivity index (χ0v) is 15.2. The van der Waals surface area contributed by atoms with Crippen LogP contribution in [0.2, 0.25) is 10.0 Å². The molecule has 0 aromatic heterocycles. The van der Waals surface area contributed by atoms with Crippen LogP contribution >= 0.6 is 23.2 Å². The van der Waals surface area contributed by atoms with Gasteiger partial charge in [-0.05, 0) is 30.7 Å². The number of carbonyl (C=O) groups is 2. The molecule has 0 fully saturated rings. The van der Waals surface area contributed by atoms with E-state index in [9.17, 15) is 18.0 Å². The highest BCUT2D eigenvalue weighted by Crippen LogP contribution is 2.33. The van der Waals surface area contributed by atoms with Crippen molar-refractivity contribution in [1.82, 2.24) is 4.31 Å². The van der Waals surface area contributed by atoms with E-state index in [4.69, 9.17) is 23.2 Å². The summed E-state index contributed by atoms with van der Waals surface area (Å²) in [6.07, 6.45) is 0. The number of nitrogens with one attached hydrogen (secondary N) is 1. The third-order valence-electron chi connectivity index (χ3n) is 3.75. The molecule has 0 spiro atoms. The summed E-state index contributed by atoms with van der Waals surface area (Å²) in [5.74, 6) is -1.47. The van der Waals surface area contributed by atoms with Gasteiger partial charge >= 0.3 is 0 Å². The Balaban J connectivity index is 1.86. The summed E-state index contributed by atoms with van der Waals surface area (Å²) < 4.78 is 25.4. The van der Waals surface area contributed by atoms with Crippen molar-refractivity contribution in [3.63, 3.8) is 0 Å². The van der Waals surface area contributed by atoms with Crippen LogP contribution in [0, 0.1) is 6.92 Å². The number of amides is 2. The summed E-state index contributed by atoms with van der Waals surface area (Å²) in [7, 11) is -4.05. The van der Waals surface area contributed by atoms with Crippen molar-refractivity contribution in [2.45, 2.75) is 11.8 Å². The molecule has 130 valence electrons. The molecule has 1 aliphatic heterocycles. The first-order valence-electron chi connectivity index (χ1n) is 7.14. The minimum atomic E-state index is -4.05. The second kappa shape index (κ2) is 6.33. The van der Waals surface area contributed by atoms with E-state index in [2.05, 4.69) is 5.32 Å². The first kappa shape index (κ1) is 17.7. The van der Waals surface area contributed by atoms with E-state index in [-0.39, 0.29) is 26.2 Å². The van der Waals surface area contributed by atoms with E-state index in [1.54, 1.807) is 25.1 Å². The maximum absolute atomic E-state index is 12.4. The summed E-state index contributed by atoms with van der Waals surface area (Å²) in [6.45, 7) is 1.07. The summed E-state index contributed by atoms with van der Waals surface area (Å²) in [6, 6.07) is 9.05. The number of benzene rings is 2. The molecular formula is C16H12Cl2N2O4S. The van der Waals surface area contributed by atoms with Gasteiger partial charge < -0.3 is 5.32 Å². The number of sulfonamides is 1. The summed E-state index contributed by atoms with van der Waals surface area (Å²) in [4.78, 5) is 24.5. The van der Waals surface area contributed by atoms with Gasteiger partial charge in [-0.25, -0.2) is 12.7 Å². The van der Waals surface area contributed by atoms with Crippen molar-refractivity contribution in [3.8, 4) is 0 Å². The Bertz CT molecular complexity index is 1010. The van der Waals surface area contributed by atoms with E-state index in [0.717, 1.165) is 0 Å². The first-order valence-corrected chi connectivity index (χ1v) is 9.33. The molecule has 9 heteroatoms. The maximum atomic E-state index is 12.4. The fourth-order valence-electron chi connectivity index (χ4n) is 2.47.